The molecule has 0 N–H and O–H groups in total. The first-order valence-corrected chi connectivity index (χ1v) is 17.2. The van der Waals surface area contributed by atoms with Crippen LogP contribution in [-0.4, -0.2) is 0 Å². The number of hydrogen-bond donors (Lipinski definition) is 0. The van der Waals surface area contributed by atoms with Crippen molar-refractivity contribution in [3.8, 4) is 33.4 Å². The minimum absolute atomic E-state index is 0.834. The second-order valence-electron chi connectivity index (χ2n) is 12.9. The Balaban J connectivity index is 1.05. The maximum atomic E-state index is 6.78. The fourth-order valence-corrected chi connectivity index (χ4v) is 7.33. The Morgan fingerprint density at radius 3 is 1.41 bits per heavy atom. The molecule has 0 fully saturated rings. The van der Waals surface area contributed by atoms with E-state index in [9.17, 15) is 0 Å². The highest BCUT2D eigenvalue weighted by Gasteiger charge is 2.21. The molecule has 0 unspecified atom stereocenters. The Kier molecular flexibility index (Phi) is 6.81. The first-order chi connectivity index (χ1) is 25.3. The number of anilines is 3. The molecule has 0 saturated heterocycles. The van der Waals surface area contributed by atoms with E-state index in [2.05, 4.69) is 175 Å². The van der Waals surface area contributed by atoms with Crippen LogP contribution in [0.2, 0.25) is 0 Å². The van der Waals surface area contributed by atoms with E-state index in [0.717, 1.165) is 66.5 Å². The van der Waals surface area contributed by atoms with Gasteiger partial charge in [-0.2, -0.15) is 0 Å². The van der Waals surface area contributed by atoms with Gasteiger partial charge in [0.2, 0.25) is 0 Å². The van der Waals surface area contributed by atoms with Gasteiger partial charge in [0, 0.05) is 32.9 Å². The summed E-state index contributed by atoms with van der Waals surface area (Å²) in [5, 5.41) is 4.20. The van der Waals surface area contributed by atoms with Gasteiger partial charge in [0.15, 0.2) is 5.58 Å². The van der Waals surface area contributed by atoms with E-state index in [0.29, 0.717) is 0 Å². The second kappa shape index (κ2) is 11.9. The number of rotatable bonds is 6. The van der Waals surface area contributed by atoms with Crippen LogP contribution >= 0.6 is 0 Å². The highest BCUT2D eigenvalue weighted by atomic mass is 16.3. The minimum Gasteiger partial charge on any atom is -0.456 e. The van der Waals surface area contributed by atoms with Crippen LogP contribution in [0.1, 0.15) is 0 Å². The van der Waals surface area contributed by atoms with E-state index < -0.39 is 0 Å². The molecule has 0 spiro atoms. The van der Waals surface area contributed by atoms with Gasteiger partial charge < -0.3 is 13.7 Å². The number of benzene rings is 8. The van der Waals surface area contributed by atoms with Crippen molar-refractivity contribution < 1.29 is 8.83 Å². The number of furan rings is 2. The van der Waals surface area contributed by atoms with Crippen LogP contribution < -0.4 is 4.90 Å². The molecule has 3 heteroatoms. The van der Waals surface area contributed by atoms with E-state index in [-0.39, 0.29) is 0 Å². The topological polar surface area (TPSA) is 29.5 Å². The molecular weight excluding hydrogens is 623 g/mol. The third kappa shape index (κ3) is 5.06. The molecule has 2 heterocycles. The van der Waals surface area contributed by atoms with Gasteiger partial charge in [-0.3, -0.25) is 0 Å². The van der Waals surface area contributed by atoms with Gasteiger partial charge in [-0.1, -0.05) is 133 Å². The molecule has 0 amide bonds. The van der Waals surface area contributed by atoms with Crippen molar-refractivity contribution in [2.24, 2.45) is 0 Å². The van der Waals surface area contributed by atoms with Crippen LogP contribution in [0.15, 0.2) is 197 Å². The standard InChI is InChI=1S/C48H31NO2/c1-4-11-32(12-5-1)34-19-21-35(22-20-34)36-23-26-39(27-24-36)49(38-15-8-3-9-16-38)44-18-10-17-41-43-31-46-42(30-47(43)51-48(41)44)40-28-25-37(29-45(40)50-46)33-13-6-2-7-14-33/h1-31H. The molecule has 0 radical (unpaired) electrons. The summed E-state index contributed by atoms with van der Waals surface area (Å²) < 4.78 is 13.3. The molecule has 10 aromatic rings. The second-order valence-corrected chi connectivity index (χ2v) is 12.9. The Morgan fingerprint density at radius 2 is 0.765 bits per heavy atom. The van der Waals surface area contributed by atoms with Gasteiger partial charge in [0.25, 0.3) is 0 Å². The number of hydrogen-bond acceptors (Lipinski definition) is 3. The highest BCUT2D eigenvalue weighted by Crippen LogP contribution is 2.44. The average Bonchev–Trinajstić information content (AvgIpc) is 3.76. The highest BCUT2D eigenvalue weighted by molar-refractivity contribution is 6.17. The molecule has 51 heavy (non-hydrogen) atoms. The first-order valence-electron chi connectivity index (χ1n) is 17.2. The largest absolute Gasteiger partial charge is 0.456 e. The zero-order chi connectivity index (χ0) is 33.7. The van der Waals surface area contributed by atoms with Crippen molar-refractivity contribution in [3.63, 3.8) is 0 Å². The summed E-state index contributed by atoms with van der Waals surface area (Å²) in [6.07, 6.45) is 0. The lowest BCUT2D eigenvalue weighted by molar-refractivity contribution is 0.664. The van der Waals surface area contributed by atoms with Gasteiger partial charge in [-0.05, 0) is 88.0 Å². The zero-order valence-electron chi connectivity index (χ0n) is 27.7. The Bertz CT molecular complexity index is 2820. The Morgan fingerprint density at radius 1 is 0.294 bits per heavy atom. The predicted molar refractivity (Wildman–Crippen MR) is 212 cm³/mol. The predicted octanol–water partition coefficient (Wildman–Crippen LogP) is 14.0. The van der Waals surface area contributed by atoms with Gasteiger partial charge in [-0.25, -0.2) is 0 Å². The summed E-state index contributed by atoms with van der Waals surface area (Å²) in [5.74, 6) is 0. The molecule has 0 aliphatic rings. The monoisotopic (exact) mass is 653 g/mol. The first kappa shape index (κ1) is 29.1. The summed E-state index contributed by atoms with van der Waals surface area (Å²) in [5.41, 5.74) is 13.5. The summed E-state index contributed by atoms with van der Waals surface area (Å²) in [4.78, 5) is 2.28. The molecule has 8 aromatic carbocycles. The molecule has 0 saturated carbocycles. The molecule has 10 rings (SSSR count). The van der Waals surface area contributed by atoms with Gasteiger partial charge in [-0.15, -0.1) is 0 Å². The molecule has 240 valence electrons. The molecule has 0 aliphatic carbocycles. The van der Waals surface area contributed by atoms with Crippen LogP contribution in [0.4, 0.5) is 17.1 Å². The van der Waals surface area contributed by atoms with Crippen molar-refractivity contribution in [1.82, 2.24) is 0 Å². The zero-order valence-corrected chi connectivity index (χ0v) is 27.7. The van der Waals surface area contributed by atoms with E-state index in [1.807, 2.05) is 18.2 Å². The molecule has 0 bridgehead atoms. The van der Waals surface area contributed by atoms with Crippen molar-refractivity contribution in [1.29, 1.82) is 0 Å². The molecule has 0 atom stereocenters. The van der Waals surface area contributed by atoms with Crippen molar-refractivity contribution in [2.45, 2.75) is 0 Å². The van der Waals surface area contributed by atoms with Crippen molar-refractivity contribution in [3.05, 3.63) is 188 Å². The Labute approximate surface area is 295 Å². The normalized spacial score (nSPS) is 11.5. The van der Waals surface area contributed by atoms with Gasteiger partial charge in [0.1, 0.15) is 16.7 Å². The van der Waals surface area contributed by atoms with E-state index >= 15 is 0 Å². The molecule has 2 aromatic heterocycles. The quantitative estimate of drug-likeness (QED) is 0.179. The molecule has 3 nitrogen and oxygen atoms in total. The number of fused-ring (bicyclic) bond motifs is 6. The van der Waals surface area contributed by atoms with Crippen LogP contribution in [0.25, 0.3) is 77.3 Å². The van der Waals surface area contributed by atoms with Crippen LogP contribution in [0.3, 0.4) is 0 Å². The lowest BCUT2D eigenvalue weighted by atomic mass is 10.00. The summed E-state index contributed by atoms with van der Waals surface area (Å²) >= 11 is 0. The summed E-state index contributed by atoms with van der Waals surface area (Å²) in [6, 6.07) is 66.0. The smallest absolute Gasteiger partial charge is 0.159 e. The van der Waals surface area contributed by atoms with Gasteiger partial charge >= 0.3 is 0 Å². The molecular formula is C48H31NO2. The third-order valence-electron chi connectivity index (χ3n) is 9.88. The number of para-hydroxylation sites is 2. The van der Waals surface area contributed by atoms with Crippen LogP contribution in [-0.2, 0) is 0 Å². The van der Waals surface area contributed by atoms with Crippen LogP contribution in [0.5, 0.6) is 0 Å². The van der Waals surface area contributed by atoms with E-state index in [4.69, 9.17) is 8.83 Å². The van der Waals surface area contributed by atoms with E-state index in [1.165, 1.54) is 27.8 Å². The van der Waals surface area contributed by atoms with Gasteiger partial charge in [0.05, 0.1) is 5.69 Å². The fourth-order valence-electron chi connectivity index (χ4n) is 7.33. The van der Waals surface area contributed by atoms with Crippen LogP contribution in [0, 0.1) is 0 Å². The average molecular weight is 654 g/mol. The summed E-state index contributed by atoms with van der Waals surface area (Å²) in [6.45, 7) is 0. The molecule has 0 aliphatic heterocycles. The fraction of sp³-hybridized carbons (Fsp3) is 0. The van der Waals surface area contributed by atoms with Crippen molar-refractivity contribution >= 4 is 60.9 Å². The van der Waals surface area contributed by atoms with Crippen molar-refractivity contribution in [2.75, 3.05) is 4.90 Å². The lowest BCUT2D eigenvalue weighted by Gasteiger charge is -2.25. The minimum atomic E-state index is 0.834. The third-order valence-corrected chi connectivity index (χ3v) is 9.88. The maximum absolute atomic E-state index is 6.78. The maximum Gasteiger partial charge on any atom is 0.159 e. The lowest BCUT2D eigenvalue weighted by Crippen LogP contribution is -2.10. The van der Waals surface area contributed by atoms with E-state index in [1.54, 1.807) is 0 Å². The summed E-state index contributed by atoms with van der Waals surface area (Å²) in [7, 11) is 0. The number of nitrogens with zero attached hydrogens (tertiary/aromatic N) is 1. The Hall–Kier alpha value is -6.84. The SMILES string of the molecule is c1ccc(-c2ccc(-c3ccc(N(c4ccccc4)c4cccc5c4oc4cc6c(cc45)oc4cc(-c5ccccc5)ccc46)cc3)cc2)cc1.